The molecule has 1 atom stereocenters. The number of nitrogens with one attached hydrogen (secondary N) is 1. The van der Waals surface area contributed by atoms with Gasteiger partial charge in [0.2, 0.25) is 5.91 Å². The van der Waals surface area contributed by atoms with Crippen LogP contribution in [0.15, 0.2) is 47.4 Å². The molecular weight excluding hydrogens is 326 g/mol. The molecule has 0 fully saturated rings. The van der Waals surface area contributed by atoms with Crippen LogP contribution in [0.4, 0.5) is 5.69 Å². The van der Waals surface area contributed by atoms with Crippen LogP contribution in [-0.2, 0) is 16.1 Å². The number of ether oxygens (including phenoxy) is 2. The van der Waals surface area contributed by atoms with E-state index in [2.05, 4.69) is 5.32 Å². The van der Waals surface area contributed by atoms with Gasteiger partial charge >= 0.3 is 5.97 Å². The molecule has 1 heterocycles. The summed E-state index contributed by atoms with van der Waals surface area (Å²) in [6, 6.07) is 12.6. The molecule has 0 radical (unpaired) electrons. The predicted octanol–water partition coefficient (Wildman–Crippen LogP) is 3.48. The smallest absolute Gasteiger partial charge is 0.338 e. The largest absolute Gasteiger partial charge is 0.496 e. The minimum Gasteiger partial charge on any atom is -0.496 e. The summed E-state index contributed by atoms with van der Waals surface area (Å²) in [4.78, 5) is 25.0. The Morgan fingerprint density at radius 3 is 2.83 bits per heavy atom. The maximum Gasteiger partial charge on any atom is 0.338 e. The number of hydrogen-bond acceptors (Lipinski definition) is 5. The highest BCUT2D eigenvalue weighted by Crippen LogP contribution is 2.36. The Bertz CT molecular complexity index is 790. The first-order valence-electron chi connectivity index (χ1n) is 7.49. The molecule has 124 valence electrons. The Morgan fingerprint density at radius 1 is 1.25 bits per heavy atom. The summed E-state index contributed by atoms with van der Waals surface area (Å²) in [5.74, 6) is 0.169. The molecule has 2 aromatic carbocycles. The number of carbonyl (C=O) groups excluding carboxylic acids is 2. The van der Waals surface area contributed by atoms with Crippen LogP contribution in [-0.4, -0.2) is 24.2 Å². The van der Waals surface area contributed by atoms with Gasteiger partial charge in [0, 0.05) is 10.5 Å². The van der Waals surface area contributed by atoms with Crippen molar-refractivity contribution < 1.29 is 19.1 Å². The summed E-state index contributed by atoms with van der Waals surface area (Å²) in [6.45, 7) is 1.97. The normalized spacial score (nSPS) is 16.1. The number of para-hydroxylation sites is 1. The van der Waals surface area contributed by atoms with Crippen molar-refractivity contribution in [3.63, 3.8) is 0 Å². The minimum atomic E-state index is -0.443. The SMILES string of the molecule is COc1ccccc1COC(=O)c1ccc2c(c1)NC(=O)C(C)S2. The van der Waals surface area contributed by atoms with Gasteiger partial charge in [-0.05, 0) is 31.2 Å². The van der Waals surface area contributed by atoms with Gasteiger partial charge in [0.1, 0.15) is 12.4 Å². The van der Waals surface area contributed by atoms with E-state index >= 15 is 0 Å². The Kier molecular flexibility index (Phi) is 4.76. The third-order valence-corrected chi connectivity index (χ3v) is 4.87. The number of fused-ring (bicyclic) bond motifs is 1. The summed E-state index contributed by atoms with van der Waals surface area (Å²) in [7, 11) is 1.57. The van der Waals surface area contributed by atoms with Gasteiger partial charge in [-0.3, -0.25) is 4.79 Å². The number of esters is 1. The van der Waals surface area contributed by atoms with Crippen molar-refractivity contribution in [2.75, 3.05) is 12.4 Å². The maximum absolute atomic E-state index is 12.3. The molecule has 3 rings (SSSR count). The molecule has 6 heteroatoms. The van der Waals surface area contributed by atoms with Gasteiger partial charge in [0.15, 0.2) is 0 Å². The van der Waals surface area contributed by atoms with Crippen molar-refractivity contribution in [1.82, 2.24) is 0 Å². The molecule has 1 N–H and O–H groups in total. The number of hydrogen-bond donors (Lipinski definition) is 1. The molecule has 1 aliphatic rings. The van der Waals surface area contributed by atoms with Gasteiger partial charge in [0.05, 0.1) is 23.6 Å². The van der Waals surface area contributed by atoms with E-state index in [1.165, 1.54) is 11.8 Å². The van der Waals surface area contributed by atoms with Crippen LogP contribution in [0.3, 0.4) is 0 Å². The second-order valence-corrected chi connectivity index (χ2v) is 6.73. The van der Waals surface area contributed by atoms with E-state index in [4.69, 9.17) is 9.47 Å². The average Bonchev–Trinajstić information content (AvgIpc) is 2.60. The zero-order valence-corrected chi connectivity index (χ0v) is 14.2. The van der Waals surface area contributed by atoms with E-state index < -0.39 is 5.97 Å². The zero-order chi connectivity index (χ0) is 17.1. The summed E-state index contributed by atoms with van der Waals surface area (Å²) in [6.07, 6.45) is 0. The number of methoxy groups -OCH3 is 1. The molecule has 2 aromatic rings. The van der Waals surface area contributed by atoms with Gasteiger partial charge in [-0.15, -0.1) is 11.8 Å². The minimum absolute atomic E-state index is 0.0629. The van der Waals surface area contributed by atoms with Crippen molar-refractivity contribution in [3.8, 4) is 5.75 Å². The van der Waals surface area contributed by atoms with E-state index in [1.807, 2.05) is 37.3 Å². The molecule has 0 spiro atoms. The summed E-state index contributed by atoms with van der Waals surface area (Å²) in [5.41, 5.74) is 1.85. The highest BCUT2D eigenvalue weighted by atomic mass is 32.2. The topological polar surface area (TPSA) is 64.6 Å². The fourth-order valence-corrected chi connectivity index (χ4v) is 3.31. The van der Waals surface area contributed by atoms with Crippen LogP contribution >= 0.6 is 11.8 Å². The lowest BCUT2D eigenvalue weighted by molar-refractivity contribution is -0.115. The van der Waals surface area contributed by atoms with Crippen molar-refractivity contribution in [2.45, 2.75) is 23.7 Å². The lowest BCUT2D eigenvalue weighted by Crippen LogP contribution is -2.26. The monoisotopic (exact) mass is 343 g/mol. The van der Waals surface area contributed by atoms with E-state index in [0.29, 0.717) is 17.0 Å². The number of amides is 1. The van der Waals surface area contributed by atoms with Crippen LogP contribution in [0.2, 0.25) is 0 Å². The van der Waals surface area contributed by atoms with Crippen LogP contribution in [0, 0.1) is 0 Å². The molecule has 0 aromatic heterocycles. The second-order valence-electron chi connectivity index (χ2n) is 5.35. The van der Waals surface area contributed by atoms with Crippen molar-refractivity contribution in [2.24, 2.45) is 0 Å². The molecule has 5 nitrogen and oxygen atoms in total. The van der Waals surface area contributed by atoms with E-state index in [0.717, 1.165) is 10.5 Å². The van der Waals surface area contributed by atoms with Crippen molar-refractivity contribution >= 4 is 29.3 Å². The number of benzene rings is 2. The van der Waals surface area contributed by atoms with E-state index in [1.54, 1.807) is 19.2 Å². The quantitative estimate of drug-likeness (QED) is 0.861. The van der Waals surface area contributed by atoms with Gasteiger partial charge in [-0.2, -0.15) is 0 Å². The molecule has 1 amide bonds. The van der Waals surface area contributed by atoms with Gasteiger partial charge < -0.3 is 14.8 Å². The maximum atomic E-state index is 12.3. The Balaban J connectivity index is 1.72. The molecule has 0 saturated heterocycles. The molecule has 0 saturated carbocycles. The van der Waals surface area contributed by atoms with Crippen LogP contribution < -0.4 is 10.1 Å². The number of thioether (sulfide) groups is 1. The number of anilines is 1. The van der Waals surface area contributed by atoms with Crippen LogP contribution in [0.1, 0.15) is 22.8 Å². The van der Waals surface area contributed by atoms with Gasteiger partial charge in [-0.25, -0.2) is 4.79 Å². The third-order valence-electron chi connectivity index (χ3n) is 3.70. The van der Waals surface area contributed by atoms with Crippen molar-refractivity contribution in [1.29, 1.82) is 0 Å². The molecule has 1 aliphatic heterocycles. The van der Waals surface area contributed by atoms with E-state index in [9.17, 15) is 9.59 Å². The first-order chi connectivity index (χ1) is 11.6. The van der Waals surface area contributed by atoms with Gasteiger partial charge in [-0.1, -0.05) is 18.2 Å². The Morgan fingerprint density at radius 2 is 2.04 bits per heavy atom. The molecular formula is C18H17NO4S. The first kappa shape index (κ1) is 16.4. The summed E-state index contributed by atoms with van der Waals surface area (Å²) < 4.78 is 10.6. The molecule has 24 heavy (non-hydrogen) atoms. The second kappa shape index (κ2) is 6.97. The standard InChI is InChI=1S/C18H17NO4S/c1-11-17(20)19-14-9-12(7-8-16(14)24-11)18(21)23-10-13-5-3-4-6-15(13)22-2/h3-9,11H,10H2,1-2H3,(H,19,20). The van der Waals surface area contributed by atoms with E-state index in [-0.39, 0.29) is 17.8 Å². The van der Waals surface area contributed by atoms with Crippen molar-refractivity contribution in [3.05, 3.63) is 53.6 Å². The average molecular weight is 343 g/mol. The highest BCUT2D eigenvalue weighted by Gasteiger charge is 2.24. The summed E-state index contributed by atoms with van der Waals surface area (Å²) in [5, 5.41) is 2.67. The third kappa shape index (κ3) is 3.38. The fourth-order valence-electron chi connectivity index (χ4n) is 2.38. The fraction of sp³-hybridized carbons (Fsp3) is 0.222. The Labute approximate surface area is 144 Å². The Hall–Kier alpha value is -2.47. The molecule has 1 unspecified atom stereocenters. The lowest BCUT2D eigenvalue weighted by atomic mass is 10.2. The highest BCUT2D eigenvalue weighted by molar-refractivity contribution is 8.00. The molecule has 0 bridgehead atoms. The zero-order valence-electron chi connectivity index (χ0n) is 13.4. The van der Waals surface area contributed by atoms with Crippen LogP contribution in [0.25, 0.3) is 0 Å². The number of rotatable bonds is 4. The number of carbonyl (C=O) groups is 2. The first-order valence-corrected chi connectivity index (χ1v) is 8.37. The van der Waals surface area contributed by atoms with Crippen LogP contribution in [0.5, 0.6) is 5.75 Å². The van der Waals surface area contributed by atoms with Gasteiger partial charge in [0.25, 0.3) is 0 Å². The summed E-state index contributed by atoms with van der Waals surface area (Å²) >= 11 is 1.47. The lowest BCUT2D eigenvalue weighted by Gasteiger charge is -2.21. The molecule has 0 aliphatic carbocycles. The predicted molar refractivity (Wildman–Crippen MR) is 92.5 cm³/mol.